The van der Waals surface area contributed by atoms with Gasteiger partial charge in [0.15, 0.2) is 0 Å². The van der Waals surface area contributed by atoms with Gasteiger partial charge in [-0.15, -0.1) is 0 Å². The first-order valence-electron chi connectivity index (χ1n) is 8.64. The Morgan fingerprint density at radius 3 is 1.74 bits per heavy atom. The first kappa shape index (κ1) is 19.0. The van der Waals surface area contributed by atoms with Gasteiger partial charge < -0.3 is 4.90 Å². The van der Waals surface area contributed by atoms with E-state index in [2.05, 4.69) is 46.7 Å². The van der Waals surface area contributed by atoms with Crippen LogP contribution in [0.1, 0.15) is 91.9 Å². The van der Waals surface area contributed by atoms with Gasteiger partial charge in [0.05, 0.1) is 0 Å². The summed E-state index contributed by atoms with van der Waals surface area (Å²) in [5.41, 5.74) is 0.346. The van der Waals surface area contributed by atoms with Gasteiger partial charge in [-0.2, -0.15) is 0 Å². The molecule has 1 atom stereocenters. The van der Waals surface area contributed by atoms with Crippen LogP contribution < -0.4 is 0 Å². The zero-order chi connectivity index (χ0) is 14.7. The SMILES string of the molecule is CCCCCCCCC(CCCC)C(C)(C)N(C)C. The highest BCUT2D eigenvalue weighted by molar-refractivity contribution is 4.85. The molecule has 0 rings (SSSR count). The maximum atomic E-state index is 2.42. The first-order chi connectivity index (χ1) is 8.96. The predicted molar refractivity (Wildman–Crippen MR) is 88.8 cm³/mol. The normalized spacial score (nSPS) is 14.1. The van der Waals surface area contributed by atoms with Crippen LogP contribution in [0.5, 0.6) is 0 Å². The minimum Gasteiger partial charge on any atom is -0.304 e. The zero-order valence-electron chi connectivity index (χ0n) is 14.6. The molecule has 0 bridgehead atoms. The number of unbranched alkanes of at least 4 members (excludes halogenated alkanes) is 6. The average Bonchev–Trinajstić information content (AvgIpc) is 2.36. The van der Waals surface area contributed by atoms with Gasteiger partial charge in [-0.1, -0.05) is 65.2 Å². The molecule has 19 heavy (non-hydrogen) atoms. The summed E-state index contributed by atoms with van der Waals surface area (Å²) < 4.78 is 0. The van der Waals surface area contributed by atoms with Crippen molar-refractivity contribution in [2.75, 3.05) is 14.1 Å². The minimum absolute atomic E-state index is 0.346. The van der Waals surface area contributed by atoms with E-state index in [1.807, 2.05) is 0 Å². The standard InChI is InChI=1S/C18H39N/c1-7-9-11-12-13-14-16-17(15-10-8-2)18(3,4)19(5)6/h17H,7-16H2,1-6H3. The summed E-state index contributed by atoms with van der Waals surface area (Å²) in [6.07, 6.45) is 14.0. The molecule has 0 aromatic heterocycles. The third-order valence-corrected chi connectivity index (χ3v) is 4.96. The Morgan fingerprint density at radius 2 is 1.21 bits per heavy atom. The van der Waals surface area contributed by atoms with E-state index in [9.17, 15) is 0 Å². The lowest BCUT2D eigenvalue weighted by Crippen LogP contribution is -2.45. The Balaban J connectivity index is 4.06. The van der Waals surface area contributed by atoms with Gasteiger partial charge in [0, 0.05) is 5.54 Å². The van der Waals surface area contributed by atoms with Crippen molar-refractivity contribution in [3.8, 4) is 0 Å². The van der Waals surface area contributed by atoms with Crippen LogP contribution in [0.3, 0.4) is 0 Å². The highest BCUT2D eigenvalue weighted by atomic mass is 15.1. The quantitative estimate of drug-likeness (QED) is 0.400. The molecule has 0 saturated heterocycles. The van der Waals surface area contributed by atoms with Crippen molar-refractivity contribution in [3.05, 3.63) is 0 Å². The molecule has 1 unspecified atom stereocenters. The van der Waals surface area contributed by atoms with Crippen LogP contribution in [0.4, 0.5) is 0 Å². The second kappa shape index (κ2) is 10.7. The lowest BCUT2D eigenvalue weighted by molar-refractivity contribution is 0.0994. The first-order valence-corrected chi connectivity index (χ1v) is 8.64. The topological polar surface area (TPSA) is 3.24 Å². The van der Waals surface area contributed by atoms with Crippen LogP contribution in [0, 0.1) is 5.92 Å². The Kier molecular flexibility index (Phi) is 10.7. The van der Waals surface area contributed by atoms with Crippen LogP contribution in [-0.4, -0.2) is 24.5 Å². The lowest BCUT2D eigenvalue weighted by atomic mass is 9.79. The van der Waals surface area contributed by atoms with E-state index in [4.69, 9.17) is 0 Å². The van der Waals surface area contributed by atoms with Crippen LogP contribution in [0.15, 0.2) is 0 Å². The fourth-order valence-corrected chi connectivity index (χ4v) is 2.84. The van der Waals surface area contributed by atoms with Crippen molar-refractivity contribution in [1.82, 2.24) is 4.90 Å². The van der Waals surface area contributed by atoms with E-state index in [0.29, 0.717) is 5.54 Å². The molecule has 116 valence electrons. The third-order valence-electron chi connectivity index (χ3n) is 4.96. The van der Waals surface area contributed by atoms with Crippen molar-refractivity contribution in [2.24, 2.45) is 5.92 Å². The number of nitrogens with zero attached hydrogens (tertiary/aromatic N) is 1. The summed E-state index contributed by atoms with van der Waals surface area (Å²) in [7, 11) is 4.47. The molecule has 0 aliphatic rings. The van der Waals surface area contributed by atoms with E-state index < -0.39 is 0 Å². The third kappa shape index (κ3) is 7.97. The van der Waals surface area contributed by atoms with Gasteiger partial charge in [-0.05, 0) is 46.7 Å². The van der Waals surface area contributed by atoms with Crippen molar-refractivity contribution < 1.29 is 0 Å². The fourth-order valence-electron chi connectivity index (χ4n) is 2.84. The van der Waals surface area contributed by atoms with E-state index >= 15 is 0 Å². The average molecular weight is 270 g/mol. The van der Waals surface area contributed by atoms with E-state index in [1.54, 1.807) is 0 Å². The van der Waals surface area contributed by atoms with E-state index in [1.165, 1.54) is 64.2 Å². The highest BCUT2D eigenvalue weighted by Gasteiger charge is 2.30. The molecule has 0 heterocycles. The van der Waals surface area contributed by atoms with Gasteiger partial charge in [0.1, 0.15) is 0 Å². The predicted octanol–water partition coefficient (Wildman–Crippen LogP) is 5.88. The summed E-state index contributed by atoms with van der Waals surface area (Å²) >= 11 is 0. The molecule has 0 fully saturated rings. The Labute approximate surface area is 123 Å². The van der Waals surface area contributed by atoms with Crippen LogP contribution in [0.25, 0.3) is 0 Å². The minimum atomic E-state index is 0.346. The second-order valence-corrected chi connectivity index (χ2v) is 6.94. The monoisotopic (exact) mass is 269 g/mol. The smallest absolute Gasteiger partial charge is 0.0175 e. The van der Waals surface area contributed by atoms with Crippen LogP contribution in [0.2, 0.25) is 0 Å². The van der Waals surface area contributed by atoms with Gasteiger partial charge in [0.2, 0.25) is 0 Å². The summed E-state index contributed by atoms with van der Waals surface area (Å²) in [5.74, 6) is 0.855. The zero-order valence-corrected chi connectivity index (χ0v) is 14.6. The van der Waals surface area contributed by atoms with Gasteiger partial charge in [-0.3, -0.25) is 0 Å². The fraction of sp³-hybridized carbons (Fsp3) is 1.00. The second-order valence-electron chi connectivity index (χ2n) is 6.94. The molecule has 0 radical (unpaired) electrons. The molecule has 1 nitrogen and oxygen atoms in total. The van der Waals surface area contributed by atoms with Crippen LogP contribution >= 0.6 is 0 Å². The number of hydrogen-bond acceptors (Lipinski definition) is 1. The van der Waals surface area contributed by atoms with Gasteiger partial charge in [0.25, 0.3) is 0 Å². The molecule has 0 N–H and O–H groups in total. The highest BCUT2D eigenvalue weighted by Crippen LogP contribution is 2.31. The summed E-state index contributed by atoms with van der Waals surface area (Å²) in [4.78, 5) is 2.42. The largest absolute Gasteiger partial charge is 0.304 e. The van der Waals surface area contributed by atoms with Gasteiger partial charge >= 0.3 is 0 Å². The number of hydrogen-bond donors (Lipinski definition) is 0. The lowest BCUT2D eigenvalue weighted by Gasteiger charge is -2.40. The Bertz CT molecular complexity index is 196. The Hall–Kier alpha value is -0.0400. The molecule has 0 amide bonds. The van der Waals surface area contributed by atoms with E-state index in [0.717, 1.165) is 5.92 Å². The molecule has 0 saturated carbocycles. The summed E-state index contributed by atoms with van der Waals surface area (Å²) in [6.45, 7) is 9.44. The molecular formula is C18H39N. The molecule has 0 aliphatic heterocycles. The van der Waals surface area contributed by atoms with Crippen molar-refractivity contribution >= 4 is 0 Å². The van der Waals surface area contributed by atoms with E-state index in [-0.39, 0.29) is 0 Å². The maximum Gasteiger partial charge on any atom is 0.0175 e. The molecule has 0 aromatic carbocycles. The van der Waals surface area contributed by atoms with Crippen molar-refractivity contribution in [1.29, 1.82) is 0 Å². The van der Waals surface area contributed by atoms with Crippen molar-refractivity contribution in [3.63, 3.8) is 0 Å². The van der Waals surface area contributed by atoms with Gasteiger partial charge in [-0.25, -0.2) is 0 Å². The molecular weight excluding hydrogens is 230 g/mol. The van der Waals surface area contributed by atoms with Crippen molar-refractivity contribution in [2.45, 2.75) is 97.4 Å². The molecule has 0 spiro atoms. The molecule has 0 aliphatic carbocycles. The van der Waals surface area contributed by atoms with Crippen LogP contribution in [-0.2, 0) is 0 Å². The molecule has 1 heteroatoms. The number of rotatable bonds is 12. The maximum absolute atomic E-state index is 2.42. The Morgan fingerprint density at radius 1 is 0.737 bits per heavy atom. The summed E-state index contributed by atoms with van der Waals surface area (Å²) in [6, 6.07) is 0. The summed E-state index contributed by atoms with van der Waals surface area (Å²) in [5, 5.41) is 0. The molecule has 0 aromatic rings.